The van der Waals surface area contributed by atoms with E-state index in [0.29, 0.717) is 21.4 Å². The van der Waals surface area contributed by atoms with Crippen molar-refractivity contribution in [2.45, 2.75) is 13.0 Å². The fourth-order valence-electron chi connectivity index (χ4n) is 2.08. The van der Waals surface area contributed by atoms with Crippen molar-refractivity contribution in [2.75, 3.05) is 24.2 Å². The lowest BCUT2D eigenvalue weighted by atomic mass is 10.2. The lowest BCUT2D eigenvalue weighted by Gasteiger charge is -2.23. The molecule has 0 aliphatic carbocycles. The summed E-state index contributed by atoms with van der Waals surface area (Å²) in [5.74, 6) is -0.417. The molecule has 0 spiro atoms. The number of hydrogen-bond donors (Lipinski definition) is 2. The fraction of sp³-hybridized carbons (Fsp3) is 0.222. The molecule has 2 aromatic carbocycles. The molecule has 7 heteroatoms. The van der Waals surface area contributed by atoms with Gasteiger partial charge in [-0.3, -0.25) is 14.5 Å². The largest absolute Gasteiger partial charge is 0.325 e. The number of halogens is 2. The first kappa shape index (κ1) is 19.2. The summed E-state index contributed by atoms with van der Waals surface area (Å²) in [4.78, 5) is 26.0. The standard InChI is InChI=1S/C18H19Cl2N3O2/c1-12(18(25)22-16-9-5-14(20)6-10-16)23(2)11-17(24)21-15-7-3-13(19)4-8-15/h3-10,12H,11H2,1-2H3,(H,21,24)(H,22,25)/t12-/m1/s1. The minimum atomic E-state index is -0.480. The Bertz CT molecular complexity index is 733. The van der Waals surface area contributed by atoms with Crippen LogP contribution in [0.5, 0.6) is 0 Å². The number of likely N-dealkylation sites (N-methyl/N-ethyl adjacent to an activating group) is 1. The average molecular weight is 380 g/mol. The molecule has 2 rings (SSSR count). The van der Waals surface area contributed by atoms with Crippen LogP contribution in [0.4, 0.5) is 11.4 Å². The summed E-state index contributed by atoms with van der Waals surface area (Å²) in [6.07, 6.45) is 0. The van der Waals surface area contributed by atoms with Crippen LogP contribution >= 0.6 is 23.2 Å². The van der Waals surface area contributed by atoms with Gasteiger partial charge in [-0.15, -0.1) is 0 Å². The molecule has 0 aliphatic heterocycles. The molecule has 0 radical (unpaired) electrons. The molecule has 25 heavy (non-hydrogen) atoms. The Morgan fingerprint density at radius 3 is 1.84 bits per heavy atom. The summed E-state index contributed by atoms with van der Waals surface area (Å²) in [5, 5.41) is 6.76. The monoisotopic (exact) mass is 379 g/mol. The van der Waals surface area contributed by atoms with Crippen molar-refractivity contribution in [1.82, 2.24) is 4.90 Å². The third-order valence-electron chi connectivity index (χ3n) is 3.67. The zero-order valence-corrected chi connectivity index (χ0v) is 15.4. The van der Waals surface area contributed by atoms with E-state index in [-0.39, 0.29) is 18.4 Å². The summed E-state index contributed by atoms with van der Waals surface area (Å²) < 4.78 is 0. The Labute approximate surface area is 156 Å². The molecule has 132 valence electrons. The van der Waals surface area contributed by atoms with Crippen LogP contribution in [0, 0.1) is 0 Å². The van der Waals surface area contributed by atoms with Gasteiger partial charge >= 0.3 is 0 Å². The van der Waals surface area contributed by atoms with Gasteiger partial charge in [-0.05, 0) is 62.5 Å². The van der Waals surface area contributed by atoms with E-state index in [2.05, 4.69) is 10.6 Å². The molecule has 0 aliphatic rings. The maximum absolute atomic E-state index is 12.3. The van der Waals surface area contributed by atoms with Crippen molar-refractivity contribution >= 4 is 46.4 Å². The van der Waals surface area contributed by atoms with Gasteiger partial charge in [0.05, 0.1) is 12.6 Å². The summed E-state index contributed by atoms with van der Waals surface area (Å²) in [7, 11) is 1.72. The highest BCUT2D eigenvalue weighted by molar-refractivity contribution is 6.31. The molecule has 2 N–H and O–H groups in total. The van der Waals surface area contributed by atoms with Gasteiger partial charge in [0.1, 0.15) is 0 Å². The van der Waals surface area contributed by atoms with Crippen LogP contribution in [-0.4, -0.2) is 36.3 Å². The summed E-state index contributed by atoms with van der Waals surface area (Å²) in [5.41, 5.74) is 1.31. The maximum atomic E-state index is 12.3. The summed E-state index contributed by atoms with van der Waals surface area (Å²) in [6, 6.07) is 13.2. The van der Waals surface area contributed by atoms with Crippen molar-refractivity contribution in [3.05, 3.63) is 58.6 Å². The van der Waals surface area contributed by atoms with Crippen molar-refractivity contribution < 1.29 is 9.59 Å². The number of amides is 2. The molecular formula is C18H19Cl2N3O2. The lowest BCUT2D eigenvalue weighted by molar-refractivity contribution is -0.122. The molecule has 0 saturated heterocycles. The number of nitrogens with zero attached hydrogens (tertiary/aromatic N) is 1. The Kier molecular flexibility index (Phi) is 6.82. The third kappa shape index (κ3) is 6.05. The molecule has 0 saturated carbocycles. The van der Waals surface area contributed by atoms with Crippen LogP contribution in [-0.2, 0) is 9.59 Å². The highest BCUT2D eigenvalue weighted by atomic mass is 35.5. The first-order valence-corrected chi connectivity index (χ1v) is 8.43. The quantitative estimate of drug-likeness (QED) is 0.799. The molecule has 0 aromatic heterocycles. The number of carbonyl (C=O) groups is 2. The molecule has 0 fully saturated rings. The van der Waals surface area contributed by atoms with Gasteiger partial charge in [0.15, 0.2) is 0 Å². The fourth-order valence-corrected chi connectivity index (χ4v) is 2.33. The van der Waals surface area contributed by atoms with Gasteiger partial charge in [-0.25, -0.2) is 0 Å². The second-order valence-electron chi connectivity index (χ2n) is 5.64. The second-order valence-corrected chi connectivity index (χ2v) is 6.52. The van der Waals surface area contributed by atoms with Gasteiger partial charge in [0.2, 0.25) is 11.8 Å². The van der Waals surface area contributed by atoms with Crippen molar-refractivity contribution in [2.24, 2.45) is 0 Å². The van der Waals surface area contributed by atoms with Crippen LogP contribution in [0.2, 0.25) is 10.0 Å². The summed E-state index contributed by atoms with van der Waals surface area (Å²) >= 11 is 11.6. The van der Waals surface area contributed by atoms with Gasteiger partial charge in [0, 0.05) is 21.4 Å². The van der Waals surface area contributed by atoms with E-state index in [0.717, 1.165) is 0 Å². The molecule has 5 nitrogen and oxygen atoms in total. The first-order chi connectivity index (χ1) is 11.8. The highest BCUT2D eigenvalue weighted by Crippen LogP contribution is 2.15. The number of nitrogens with one attached hydrogen (secondary N) is 2. The van der Waals surface area contributed by atoms with Gasteiger partial charge in [0.25, 0.3) is 0 Å². The number of anilines is 2. The third-order valence-corrected chi connectivity index (χ3v) is 4.18. The van der Waals surface area contributed by atoms with E-state index in [4.69, 9.17) is 23.2 Å². The van der Waals surface area contributed by atoms with E-state index in [1.54, 1.807) is 67.4 Å². The Morgan fingerprint density at radius 2 is 1.36 bits per heavy atom. The smallest absolute Gasteiger partial charge is 0.241 e. The highest BCUT2D eigenvalue weighted by Gasteiger charge is 2.20. The minimum absolute atomic E-state index is 0.0812. The van der Waals surface area contributed by atoms with Crippen molar-refractivity contribution in [3.8, 4) is 0 Å². The zero-order valence-electron chi connectivity index (χ0n) is 13.9. The van der Waals surface area contributed by atoms with Crippen LogP contribution in [0.15, 0.2) is 48.5 Å². The first-order valence-electron chi connectivity index (χ1n) is 7.67. The van der Waals surface area contributed by atoms with E-state index in [1.165, 1.54) is 0 Å². The molecule has 0 unspecified atom stereocenters. The number of carbonyl (C=O) groups excluding carboxylic acids is 2. The topological polar surface area (TPSA) is 61.4 Å². The van der Waals surface area contributed by atoms with Crippen molar-refractivity contribution in [3.63, 3.8) is 0 Å². The number of hydrogen-bond acceptors (Lipinski definition) is 3. The predicted molar refractivity (Wildman–Crippen MR) is 102 cm³/mol. The minimum Gasteiger partial charge on any atom is -0.325 e. The second kappa shape index (κ2) is 8.85. The van der Waals surface area contributed by atoms with E-state index >= 15 is 0 Å². The Balaban J connectivity index is 1.86. The van der Waals surface area contributed by atoms with Gasteiger partial charge in [-0.2, -0.15) is 0 Å². The van der Waals surface area contributed by atoms with E-state index in [1.807, 2.05) is 0 Å². The van der Waals surface area contributed by atoms with Crippen molar-refractivity contribution in [1.29, 1.82) is 0 Å². The summed E-state index contributed by atoms with van der Waals surface area (Å²) in [6.45, 7) is 1.82. The number of benzene rings is 2. The normalized spacial score (nSPS) is 11.9. The molecule has 2 amide bonds. The lowest BCUT2D eigenvalue weighted by Crippen LogP contribution is -2.43. The van der Waals surface area contributed by atoms with E-state index < -0.39 is 6.04 Å². The SMILES string of the molecule is C[C@H](C(=O)Nc1ccc(Cl)cc1)N(C)CC(=O)Nc1ccc(Cl)cc1. The Morgan fingerprint density at radius 1 is 0.920 bits per heavy atom. The Hall–Kier alpha value is -2.08. The predicted octanol–water partition coefficient (Wildman–Crippen LogP) is 3.89. The molecule has 2 aromatic rings. The van der Waals surface area contributed by atoms with Crippen LogP contribution in [0.3, 0.4) is 0 Å². The molecule has 0 bridgehead atoms. The molecular weight excluding hydrogens is 361 g/mol. The number of rotatable bonds is 6. The molecule has 0 heterocycles. The molecule has 1 atom stereocenters. The van der Waals surface area contributed by atoms with Crippen LogP contribution in [0.1, 0.15) is 6.92 Å². The van der Waals surface area contributed by atoms with Crippen LogP contribution < -0.4 is 10.6 Å². The maximum Gasteiger partial charge on any atom is 0.241 e. The average Bonchev–Trinajstić information content (AvgIpc) is 2.58. The van der Waals surface area contributed by atoms with Crippen LogP contribution in [0.25, 0.3) is 0 Å². The zero-order chi connectivity index (χ0) is 18.4. The van der Waals surface area contributed by atoms with Gasteiger partial charge in [-0.1, -0.05) is 23.2 Å². The van der Waals surface area contributed by atoms with Gasteiger partial charge < -0.3 is 10.6 Å². The van der Waals surface area contributed by atoms with E-state index in [9.17, 15) is 9.59 Å².